The highest BCUT2D eigenvalue weighted by Gasteiger charge is 2.43. The maximum Gasteiger partial charge on any atom is 0.226 e. The molecule has 1 aromatic carbocycles. The van der Waals surface area contributed by atoms with Gasteiger partial charge in [0.1, 0.15) is 5.82 Å². The van der Waals surface area contributed by atoms with E-state index in [-0.39, 0.29) is 23.2 Å². The van der Waals surface area contributed by atoms with Crippen molar-refractivity contribution >= 4 is 11.6 Å². The molecule has 1 atom stereocenters. The van der Waals surface area contributed by atoms with Gasteiger partial charge in [0.2, 0.25) is 5.91 Å². The summed E-state index contributed by atoms with van der Waals surface area (Å²) in [6, 6.07) is 6.56. The van der Waals surface area contributed by atoms with Crippen LogP contribution in [0.1, 0.15) is 33.1 Å². The van der Waals surface area contributed by atoms with Gasteiger partial charge >= 0.3 is 0 Å². The van der Waals surface area contributed by atoms with Gasteiger partial charge in [-0.15, -0.1) is 0 Å². The average Bonchev–Trinajstić information content (AvgIpc) is 2.85. The number of amides is 1. The quantitative estimate of drug-likeness (QED) is 0.647. The molecule has 1 fully saturated rings. The Bertz CT molecular complexity index is 485. The van der Waals surface area contributed by atoms with Crippen LogP contribution in [0.4, 0.5) is 10.1 Å². The molecule has 0 radical (unpaired) electrons. The molecule has 3 N–H and O–H groups in total. The lowest BCUT2D eigenvalue weighted by molar-refractivity contribution is -0.128. The molecule has 0 saturated carbocycles. The van der Waals surface area contributed by atoms with Crippen LogP contribution in [0.15, 0.2) is 24.3 Å². The van der Waals surface area contributed by atoms with Crippen molar-refractivity contribution in [2.24, 2.45) is 5.41 Å². The van der Waals surface area contributed by atoms with Gasteiger partial charge in [-0.1, -0.05) is 13.8 Å². The highest BCUT2D eigenvalue weighted by Crippen LogP contribution is 2.36. The number of nitrogens with one attached hydrogen (secondary N) is 3. The fourth-order valence-corrected chi connectivity index (χ4v) is 3.08. The van der Waals surface area contributed by atoms with Gasteiger partial charge in [-0.3, -0.25) is 4.79 Å². The van der Waals surface area contributed by atoms with Crippen molar-refractivity contribution in [1.82, 2.24) is 10.6 Å². The minimum Gasteiger partial charge on any atom is -0.384 e. The van der Waals surface area contributed by atoms with Crippen molar-refractivity contribution in [3.05, 3.63) is 30.1 Å². The lowest BCUT2D eigenvalue weighted by Crippen LogP contribution is -2.37. The number of halogens is 1. The van der Waals surface area contributed by atoms with Gasteiger partial charge in [0.15, 0.2) is 0 Å². The van der Waals surface area contributed by atoms with E-state index in [1.165, 1.54) is 12.1 Å². The topological polar surface area (TPSA) is 53.2 Å². The van der Waals surface area contributed by atoms with Crippen LogP contribution in [0.5, 0.6) is 0 Å². The van der Waals surface area contributed by atoms with Crippen LogP contribution in [0.3, 0.4) is 0 Å². The van der Waals surface area contributed by atoms with E-state index in [0.29, 0.717) is 0 Å². The molecule has 1 aromatic rings. The van der Waals surface area contributed by atoms with Gasteiger partial charge in [-0.2, -0.15) is 0 Å². The molecule has 1 heterocycles. The van der Waals surface area contributed by atoms with Crippen LogP contribution in [-0.4, -0.2) is 31.6 Å². The molecule has 122 valence electrons. The fourth-order valence-electron chi connectivity index (χ4n) is 3.08. The smallest absolute Gasteiger partial charge is 0.226 e. The molecule has 2 rings (SSSR count). The van der Waals surface area contributed by atoms with E-state index in [2.05, 4.69) is 29.8 Å². The third-order valence-corrected chi connectivity index (χ3v) is 4.67. The molecule has 0 bridgehead atoms. The molecule has 1 amide bonds. The van der Waals surface area contributed by atoms with Crippen molar-refractivity contribution in [1.29, 1.82) is 0 Å². The lowest BCUT2D eigenvalue weighted by atomic mass is 9.79. The third-order valence-electron chi connectivity index (χ3n) is 4.67. The Kier molecular flexibility index (Phi) is 5.77. The van der Waals surface area contributed by atoms with Crippen molar-refractivity contribution in [2.45, 2.75) is 39.2 Å². The van der Waals surface area contributed by atoms with E-state index in [1.54, 1.807) is 12.1 Å². The van der Waals surface area contributed by atoms with E-state index in [4.69, 9.17) is 0 Å². The van der Waals surface area contributed by atoms with Crippen LogP contribution in [0.25, 0.3) is 0 Å². The molecule has 0 aliphatic carbocycles. The summed E-state index contributed by atoms with van der Waals surface area (Å²) in [7, 11) is 0. The van der Waals surface area contributed by atoms with Crippen LogP contribution in [-0.2, 0) is 4.79 Å². The van der Waals surface area contributed by atoms with Gasteiger partial charge < -0.3 is 16.0 Å². The Hall–Kier alpha value is -1.62. The SMILES string of the molecule is CCC1(CC)C[C@H](CNCCNc2ccc(F)cc2)NC1=O. The van der Waals surface area contributed by atoms with Gasteiger partial charge in [-0.05, 0) is 43.5 Å². The predicted octanol–water partition coefficient (Wildman–Crippen LogP) is 2.52. The zero-order chi connectivity index (χ0) is 16.0. The summed E-state index contributed by atoms with van der Waals surface area (Å²) in [6.45, 7) is 6.53. The lowest BCUT2D eigenvalue weighted by Gasteiger charge is -2.22. The van der Waals surface area contributed by atoms with E-state index in [0.717, 1.165) is 44.6 Å². The molecule has 4 nitrogen and oxygen atoms in total. The minimum absolute atomic E-state index is 0.168. The number of carbonyl (C=O) groups excluding carboxylic acids is 1. The first kappa shape index (κ1) is 16.7. The Balaban J connectivity index is 1.65. The molecule has 0 unspecified atom stereocenters. The van der Waals surface area contributed by atoms with E-state index in [1.807, 2.05) is 0 Å². The summed E-state index contributed by atoms with van der Waals surface area (Å²) in [6.07, 6.45) is 2.72. The van der Waals surface area contributed by atoms with Gasteiger partial charge in [0.25, 0.3) is 0 Å². The molecule has 1 aliphatic heterocycles. The normalized spacial score (nSPS) is 20.0. The highest BCUT2D eigenvalue weighted by molar-refractivity contribution is 5.85. The zero-order valence-corrected chi connectivity index (χ0v) is 13.4. The van der Waals surface area contributed by atoms with Crippen molar-refractivity contribution in [3.8, 4) is 0 Å². The van der Waals surface area contributed by atoms with E-state index >= 15 is 0 Å². The van der Waals surface area contributed by atoms with Crippen LogP contribution < -0.4 is 16.0 Å². The number of hydrogen-bond acceptors (Lipinski definition) is 3. The van der Waals surface area contributed by atoms with Crippen molar-refractivity contribution < 1.29 is 9.18 Å². The van der Waals surface area contributed by atoms with Crippen molar-refractivity contribution in [2.75, 3.05) is 25.0 Å². The summed E-state index contributed by atoms with van der Waals surface area (Å²) in [5.74, 6) is -0.0234. The summed E-state index contributed by atoms with van der Waals surface area (Å²) < 4.78 is 12.8. The molecular formula is C17H26FN3O. The first-order chi connectivity index (χ1) is 10.6. The standard InChI is InChI=1S/C17H26FN3O/c1-3-17(4-2)11-15(21-16(17)22)12-19-9-10-20-14-7-5-13(18)6-8-14/h5-8,15,19-20H,3-4,9-12H2,1-2H3,(H,21,22)/t15-/m1/s1. The molecule has 1 saturated heterocycles. The molecule has 0 aromatic heterocycles. The van der Waals surface area contributed by atoms with Crippen LogP contribution >= 0.6 is 0 Å². The Morgan fingerprint density at radius 1 is 1.23 bits per heavy atom. The summed E-state index contributed by atoms with van der Waals surface area (Å²) in [5.41, 5.74) is 0.743. The van der Waals surface area contributed by atoms with Gasteiger partial charge in [0.05, 0.1) is 5.41 Å². The molecular weight excluding hydrogens is 281 g/mol. The monoisotopic (exact) mass is 307 g/mol. The highest BCUT2D eigenvalue weighted by atomic mass is 19.1. The second kappa shape index (κ2) is 7.58. The molecule has 5 heteroatoms. The maximum absolute atomic E-state index is 12.8. The first-order valence-electron chi connectivity index (χ1n) is 8.11. The van der Waals surface area contributed by atoms with E-state index in [9.17, 15) is 9.18 Å². The minimum atomic E-state index is -0.226. The third kappa shape index (κ3) is 3.97. The Morgan fingerprint density at radius 3 is 2.50 bits per heavy atom. The number of carbonyl (C=O) groups is 1. The summed E-state index contributed by atoms with van der Waals surface area (Å²) in [5, 5.41) is 9.69. The Labute approximate surface area is 131 Å². The first-order valence-corrected chi connectivity index (χ1v) is 8.11. The number of benzene rings is 1. The second-order valence-electron chi connectivity index (χ2n) is 6.00. The number of hydrogen-bond donors (Lipinski definition) is 3. The van der Waals surface area contributed by atoms with Crippen LogP contribution in [0.2, 0.25) is 0 Å². The fraction of sp³-hybridized carbons (Fsp3) is 0.588. The Morgan fingerprint density at radius 2 is 1.91 bits per heavy atom. The van der Waals surface area contributed by atoms with E-state index < -0.39 is 0 Å². The summed E-state index contributed by atoms with van der Waals surface area (Å²) >= 11 is 0. The molecule has 1 aliphatic rings. The largest absolute Gasteiger partial charge is 0.384 e. The number of rotatable bonds is 8. The second-order valence-corrected chi connectivity index (χ2v) is 6.00. The maximum atomic E-state index is 12.8. The van der Waals surface area contributed by atoms with Gasteiger partial charge in [-0.25, -0.2) is 4.39 Å². The van der Waals surface area contributed by atoms with Crippen LogP contribution in [0, 0.1) is 11.2 Å². The van der Waals surface area contributed by atoms with Gasteiger partial charge in [0, 0.05) is 31.4 Å². The molecule has 0 spiro atoms. The predicted molar refractivity (Wildman–Crippen MR) is 87.3 cm³/mol. The number of anilines is 1. The summed E-state index contributed by atoms with van der Waals surface area (Å²) in [4.78, 5) is 12.1. The molecule has 22 heavy (non-hydrogen) atoms. The average molecular weight is 307 g/mol. The van der Waals surface area contributed by atoms with Crippen molar-refractivity contribution in [3.63, 3.8) is 0 Å². The zero-order valence-electron chi connectivity index (χ0n) is 13.4.